The lowest BCUT2D eigenvalue weighted by Crippen LogP contribution is -2.02. The molecular formula is C10H9BrO4. The van der Waals surface area contributed by atoms with Crippen LogP contribution in [0.2, 0.25) is 0 Å². The predicted molar refractivity (Wildman–Crippen MR) is 56.3 cm³/mol. The molecule has 0 fully saturated rings. The highest BCUT2D eigenvalue weighted by Crippen LogP contribution is 2.41. The minimum absolute atomic E-state index is 0.0439. The molecule has 2 rings (SSSR count). The molecule has 5 heteroatoms. The molecule has 0 radical (unpaired) electrons. The van der Waals surface area contributed by atoms with Gasteiger partial charge in [-0.2, -0.15) is 0 Å². The van der Waals surface area contributed by atoms with Crippen LogP contribution in [-0.4, -0.2) is 24.8 Å². The molecule has 4 nitrogen and oxygen atoms in total. The first-order valence-electron chi connectivity index (χ1n) is 4.40. The number of halogens is 1. The van der Waals surface area contributed by atoms with Gasteiger partial charge in [0, 0.05) is 12.0 Å². The molecule has 0 aromatic heterocycles. The van der Waals surface area contributed by atoms with Crippen LogP contribution in [0, 0.1) is 0 Å². The Morgan fingerprint density at radius 3 is 3.07 bits per heavy atom. The van der Waals surface area contributed by atoms with E-state index in [0.29, 0.717) is 28.8 Å². The van der Waals surface area contributed by atoms with Gasteiger partial charge in [0.1, 0.15) is 17.1 Å². The van der Waals surface area contributed by atoms with Crippen LogP contribution in [0.4, 0.5) is 0 Å². The third kappa shape index (κ3) is 1.56. The second-order valence-electron chi connectivity index (χ2n) is 3.15. The number of carbonyl (C=O) groups excluding carboxylic acids is 1. The molecule has 0 spiro atoms. The Labute approximate surface area is 94.9 Å². The Bertz CT molecular complexity index is 428. The van der Waals surface area contributed by atoms with E-state index < -0.39 is 5.97 Å². The minimum atomic E-state index is -0.553. The van der Waals surface area contributed by atoms with Gasteiger partial charge >= 0.3 is 5.97 Å². The molecule has 1 N–H and O–H groups in total. The van der Waals surface area contributed by atoms with Crippen molar-refractivity contribution in [3.8, 4) is 11.5 Å². The smallest absolute Gasteiger partial charge is 0.341 e. The van der Waals surface area contributed by atoms with E-state index in [1.165, 1.54) is 13.2 Å². The molecule has 0 aliphatic carbocycles. The molecule has 0 unspecified atom stereocenters. The zero-order valence-corrected chi connectivity index (χ0v) is 9.63. The number of ether oxygens (including phenoxy) is 2. The highest BCUT2D eigenvalue weighted by atomic mass is 79.9. The summed E-state index contributed by atoms with van der Waals surface area (Å²) >= 11 is 3.29. The van der Waals surface area contributed by atoms with Gasteiger partial charge in [-0.3, -0.25) is 0 Å². The van der Waals surface area contributed by atoms with E-state index in [4.69, 9.17) is 4.74 Å². The molecule has 0 amide bonds. The molecule has 0 atom stereocenters. The van der Waals surface area contributed by atoms with E-state index in [1.807, 2.05) is 0 Å². The first-order chi connectivity index (χ1) is 7.15. The van der Waals surface area contributed by atoms with Crippen molar-refractivity contribution in [2.45, 2.75) is 6.42 Å². The fraction of sp³-hybridized carbons (Fsp3) is 0.300. The normalized spacial score (nSPS) is 13.2. The summed E-state index contributed by atoms with van der Waals surface area (Å²) in [7, 11) is 1.28. The third-order valence-corrected chi connectivity index (χ3v) is 2.90. The number of hydrogen-bond acceptors (Lipinski definition) is 4. The summed E-state index contributed by atoms with van der Waals surface area (Å²) in [6, 6.07) is 1.51. The average molecular weight is 273 g/mol. The topological polar surface area (TPSA) is 55.8 Å². The Hall–Kier alpha value is -1.23. The third-order valence-electron chi connectivity index (χ3n) is 2.31. The van der Waals surface area contributed by atoms with Crippen LogP contribution in [0.3, 0.4) is 0 Å². The van der Waals surface area contributed by atoms with Crippen molar-refractivity contribution in [2.24, 2.45) is 0 Å². The Kier molecular flexibility index (Phi) is 2.56. The van der Waals surface area contributed by atoms with Crippen molar-refractivity contribution in [1.29, 1.82) is 0 Å². The number of esters is 1. The van der Waals surface area contributed by atoms with Crippen molar-refractivity contribution >= 4 is 21.9 Å². The number of phenolic OH excluding ortho intramolecular Hbond substituents is 1. The number of benzene rings is 1. The van der Waals surface area contributed by atoms with E-state index >= 15 is 0 Å². The zero-order chi connectivity index (χ0) is 11.0. The van der Waals surface area contributed by atoms with E-state index in [0.717, 1.165) is 0 Å². The van der Waals surface area contributed by atoms with Gasteiger partial charge in [0.05, 0.1) is 18.2 Å². The second-order valence-corrected chi connectivity index (χ2v) is 4.01. The molecule has 0 saturated carbocycles. The number of carbonyl (C=O) groups is 1. The molecule has 1 aromatic carbocycles. The Morgan fingerprint density at radius 2 is 2.40 bits per heavy atom. The molecular weight excluding hydrogens is 264 g/mol. The zero-order valence-electron chi connectivity index (χ0n) is 8.04. The second kappa shape index (κ2) is 3.73. The molecule has 80 valence electrons. The Balaban J connectivity index is 2.59. The van der Waals surface area contributed by atoms with Gasteiger partial charge < -0.3 is 14.6 Å². The highest BCUT2D eigenvalue weighted by molar-refractivity contribution is 9.10. The van der Waals surface area contributed by atoms with E-state index in [-0.39, 0.29) is 11.3 Å². The molecule has 1 aliphatic heterocycles. The quantitative estimate of drug-likeness (QED) is 0.794. The largest absolute Gasteiger partial charge is 0.507 e. The summed E-state index contributed by atoms with van der Waals surface area (Å²) in [6.45, 7) is 0.520. The van der Waals surface area contributed by atoms with Gasteiger partial charge in [-0.15, -0.1) is 0 Å². The standard InChI is InChI=1S/C10H9BrO4/c1-14-10(13)6-4-7(11)9-5(8(6)12)2-3-15-9/h4,12H,2-3H2,1H3. The maximum atomic E-state index is 11.3. The molecule has 0 bridgehead atoms. The van der Waals surface area contributed by atoms with Crippen LogP contribution in [0.15, 0.2) is 10.5 Å². The first kappa shape index (κ1) is 10.3. The average Bonchev–Trinajstić information content (AvgIpc) is 2.71. The van der Waals surface area contributed by atoms with Gasteiger partial charge in [0.25, 0.3) is 0 Å². The van der Waals surface area contributed by atoms with Crippen LogP contribution in [0.25, 0.3) is 0 Å². The van der Waals surface area contributed by atoms with Crippen LogP contribution in [0.5, 0.6) is 11.5 Å². The maximum Gasteiger partial charge on any atom is 0.341 e. The SMILES string of the molecule is COC(=O)c1cc(Br)c2c(c1O)CCO2. The van der Waals surface area contributed by atoms with Gasteiger partial charge in [0.2, 0.25) is 0 Å². The highest BCUT2D eigenvalue weighted by Gasteiger charge is 2.25. The van der Waals surface area contributed by atoms with Gasteiger partial charge in [-0.1, -0.05) is 0 Å². The number of hydrogen-bond donors (Lipinski definition) is 1. The number of rotatable bonds is 1. The summed E-state index contributed by atoms with van der Waals surface area (Å²) in [4.78, 5) is 11.3. The van der Waals surface area contributed by atoms with E-state index in [9.17, 15) is 9.90 Å². The summed E-state index contributed by atoms with van der Waals surface area (Å²) in [6.07, 6.45) is 0.602. The molecule has 1 aliphatic rings. The van der Waals surface area contributed by atoms with Crippen LogP contribution in [-0.2, 0) is 11.2 Å². The van der Waals surface area contributed by atoms with E-state index in [1.54, 1.807) is 0 Å². The molecule has 15 heavy (non-hydrogen) atoms. The molecule has 0 saturated heterocycles. The van der Waals surface area contributed by atoms with Crippen molar-refractivity contribution < 1.29 is 19.4 Å². The number of phenols is 1. The van der Waals surface area contributed by atoms with Gasteiger partial charge in [-0.25, -0.2) is 4.79 Å². The van der Waals surface area contributed by atoms with E-state index in [2.05, 4.69) is 20.7 Å². The monoisotopic (exact) mass is 272 g/mol. The fourth-order valence-electron chi connectivity index (χ4n) is 1.58. The number of fused-ring (bicyclic) bond motifs is 1. The molecule has 1 heterocycles. The predicted octanol–water partition coefficient (Wildman–Crippen LogP) is 1.88. The van der Waals surface area contributed by atoms with Crippen molar-refractivity contribution in [3.63, 3.8) is 0 Å². The molecule has 1 aromatic rings. The summed E-state index contributed by atoms with van der Waals surface area (Å²) in [5, 5.41) is 9.83. The summed E-state index contributed by atoms with van der Waals surface area (Å²) < 4.78 is 10.6. The maximum absolute atomic E-state index is 11.3. The summed E-state index contributed by atoms with van der Waals surface area (Å²) in [5.41, 5.74) is 0.818. The van der Waals surface area contributed by atoms with Gasteiger partial charge in [0.15, 0.2) is 0 Å². The lowest BCUT2D eigenvalue weighted by molar-refractivity contribution is 0.0597. The van der Waals surface area contributed by atoms with Crippen molar-refractivity contribution in [2.75, 3.05) is 13.7 Å². The van der Waals surface area contributed by atoms with Crippen molar-refractivity contribution in [1.82, 2.24) is 0 Å². The minimum Gasteiger partial charge on any atom is -0.507 e. The number of methoxy groups -OCH3 is 1. The summed E-state index contributed by atoms with van der Waals surface area (Å²) in [5.74, 6) is 0.0144. The van der Waals surface area contributed by atoms with Gasteiger partial charge in [-0.05, 0) is 22.0 Å². The van der Waals surface area contributed by atoms with Crippen molar-refractivity contribution in [3.05, 3.63) is 21.7 Å². The Morgan fingerprint density at radius 1 is 1.67 bits per heavy atom. The number of aromatic hydroxyl groups is 1. The fourth-order valence-corrected chi connectivity index (χ4v) is 2.17. The van der Waals surface area contributed by atoms with Crippen LogP contribution in [0.1, 0.15) is 15.9 Å². The van der Waals surface area contributed by atoms with Crippen LogP contribution >= 0.6 is 15.9 Å². The first-order valence-corrected chi connectivity index (χ1v) is 5.20. The van der Waals surface area contributed by atoms with Crippen LogP contribution < -0.4 is 4.74 Å². The lowest BCUT2D eigenvalue weighted by Gasteiger charge is -2.08. The lowest BCUT2D eigenvalue weighted by atomic mass is 10.1.